The third kappa shape index (κ3) is 7.25. The van der Waals surface area contributed by atoms with E-state index in [9.17, 15) is 24.3 Å². The first-order valence-corrected chi connectivity index (χ1v) is 17.0. The van der Waals surface area contributed by atoms with Crippen molar-refractivity contribution >= 4 is 52.2 Å². The number of anilines is 1. The highest BCUT2D eigenvalue weighted by Gasteiger charge is 2.42. The van der Waals surface area contributed by atoms with Crippen LogP contribution < -0.4 is 32.4 Å². The highest BCUT2D eigenvalue weighted by molar-refractivity contribution is 8.00. The van der Waals surface area contributed by atoms with Crippen molar-refractivity contribution in [3.63, 3.8) is 0 Å². The molecule has 2 aromatic carbocycles. The highest BCUT2D eigenvalue weighted by atomic mass is 32.2. The van der Waals surface area contributed by atoms with E-state index in [0.29, 0.717) is 56.3 Å². The Bertz CT molecular complexity index is 1930. The first-order chi connectivity index (χ1) is 23.0. The summed E-state index contributed by atoms with van der Waals surface area (Å²) in [6.45, 7) is 2.07. The number of benzene rings is 3. The number of thioether (sulfide) groups is 1. The molecule has 8 N–H and O–H groups in total. The van der Waals surface area contributed by atoms with Crippen LogP contribution in [-0.2, 0) is 16.0 Å². The van der Waals surface area contributed by atoms with Crippen molar-refractivity contribution in [1.29, 1.82) is 5.41 Å². The molecule has 0 radical (unpaired) electrons. The number of hydrogen-bond donors (Lipinski definition) is 7. The molecular formula is C35H38N6O6S. The molecule has 13 heteroatoms. The van der Waals surface area contributed by atoms with Gasteiger partial charge < -0.3 is 41.9 Å². The van der Waals surface area contributed by atoms with Gasteiger partial charge in [0.25, 0.3) is 0 Å². The zero-order chi connectivity index (χ0) is 33.9. The SMILES string of the molecule is CC(CNC(=O)CCCC[C@@H]1SC[C@@H]2NC(=O)N[C@@H]21)NC(=O)Cc1ccc(-c2c3ccc(=N)cc-3oc3cc(N)ccc23)c(C(=O)O)c1. The number of carboxylic acid groups (broad SMARTS) is 1. The number of amides is 4. The van der Waals surface area contributed by atoms with Crippen molar-refractivity contribution in [2.45, 2.75) is 62.4 Å². The lowest BCUT2D eigenvalue weighted by atomic mass is 9.89. The first-order valence-electron chi connectivity index (χ1n) is 16.0. The van der Waals surface area contributed by atoms with Crippen LogP contribution in [0.5, 0.6) is 0 Å². The number of carboxylic acids is 1. The molecule has 250 valence electrons. The number of aromatic carboxylic acids is 1. The van der Waals surface area contributed by atoms with Crippen LogP contribution in [0, 0.1) is 5.41 Å². The lowest BCUT2D eigenvalue weighted by Gasteiger charge is -2.18. The molecule has 0 bridgehead atoms. The average Bonchev–Trinajstić information content (AvgIpc) is 3.59. The van der Waals surface area contributed by atoms with Crippen molar-refractivity contribution in [1.82, 2.24) is 21.3 Å². The molecule has 2 aromatic rings. The fraction of sp³-hybridized carbons (Fsp3) is 0.343. The van der Waals surface area contributed by atoms with E-state index in [2.05, 4.69) is 21.3 Å². The zero-order valence-corrected chi connectivity index (χ0v) is 27.2. The topological polar surface area (TPSA) is 200 Å². The van der Waals surface area contributed by atoms with Crippen molar-refractivity contribution in [3.05, 3.63) is 71.1 Å². The van der Waals surface area contributed by atoms with E-state index in [1.807, 2.05) is 11.8 Å². The van der Waals surface area contributed by atoms with Crippen LogP contribution in [-0.4, -0.2) is 64.6 Å². The van der Waals surface area contributed by atoms with Gasteiger partial charge in [0.05, 0.1) is 29.4 Å². The standard InChI is InChI=1S/C35H38N6O6S/c1-18(16-38-30(42)5-3-2-4-29-33-26(17-48-29)40-35(46)41-33)39-31(43)13-19-6-9-22(25(12-19)34(44)45)32-23-10-7-20(36)14-27(23)47-28-15-21(37)8-11-24(28)32/h6-12,14-15,18,26,29,33,36H,2-5,13,16-17,37H2,1H3,(H,38,42)(H,39,43)(H,44,45)(H2,40,41,46)/t18?,26-,29-,33-/m0/s1. The van der Waals surface area contributed by atoms with Gasteiger partial charge >= 0.3 is 12.0 Å². The number of carbonyl (C=O) groups is 4. The molecule has 0 aromatic heterocycles. The van der Waals surface area contributed by atoms with E-state index < -0.39 is 5.97 Å². The summed E-state index contributed by atoms with van der Waals surface area (Å²) < 4.78 is 6.04. The van der Waals surface area contributed by atoms with Crippen molar-refractivity contribution in [3.8, 4) is 22.5 Å². The second-order valence-corrected chi connectivity index (χ2v) is 13.7. The Hall–Kier alpha value is -5.04. The number of nitrogen functional groups attached to an aromatic ring is 1. The van der Waals surface area contributed by atoms with Crippen molar-refractivity contribution in [2.75, 3.05) is 18.0 Å². The maximum absolute atomic E-state index is 12.9. The fourth-order valence-corrected chi connectivity index (χ4v) is 8.03. The van der Waals surface area contributed by atoms with Gasteiger partial charge in [-0.2, -0.15) is 11.8 Å². The molecule has 4 atom stereocenters. The number of rotatable bonds is 12. The van der Waals surface area contributed by atoms with Gasteiger partial charge in [0.15, 0.2) is 0 Å². The average molecular weight is 671 g/mol. The molecule has 48 heavy (non-hydrogen) atoms. The lowest BCUT2D eigenvalue weighted by Crippen LogP contribution is -2.42. The van der Waals surface area contributed by atoms with Crippen LogP contribution in [0.15, 0.2) is 59.0 Å². The summed E-state index contributed by atoms with van der Waals surface area (Å²) >= 11 is 1.86. The summed E-state index contributed by atoms with van der Waals surface area (Å²) in [6, 6.07) is 14.9. The van der Waals surface area contributed by atoms with E-state index in [4.69, 9.17) is 15.6 Å². The predicted molar refractivity (Wildman–Crippen MR) is 184 cm³/mol. The summed E-state index contributed by atoms with van der Waals surface area (Å²) in [5.74, 6) is -0.188. The Kier molecular flexibility index (Phi) is 9.58. The van der Waals surface area contributed by atoms with Gasteiger partial charge in [0.1, 0.15) is 11.3 Å². The summed E-state index contributed by atoms with van der Waals surface area (Å²) in [6.07, 6.45) is 2.92. The third-order valence-corrected chi connectivity index (χ3v) is 10.3. The molecular weight excluding hydrogens is 632 g/mol. The maximum atomic E-state index is 12.9. The lowest BCUT2D eigenvalue weighted by molar-refractivity contribution is -0.123. The Morgan fingerprint density at radius 2 is 1.88 bits per heavy atom. The fourth-order valence-electron chi connectivity index (χ4n) is 6.48. The van der Waals surface area contributed by atoms with Crippen LogP contribution in [0.3, 0.4) is 0 Å². The normalized spacial score (nSPS) is 19.0. The number of urea groups is 1. The molecule has 0 spiro atoms. The minimum absolute atomic E-state index is 0.0252. The molecule has 1 aliphatic carbocycles. The Balaban J connectivity index is 1.05. The van der Waals surface area contributed by atoms with Gasteiger partial charge in [-0.1, -0.05) is 18.6 Å². The zero-order valence-electron chi connectivity index (χ0n) is 26.4. The van der Waals surface area contributed by atoms with Crippen LogP contribution >= 0.6 is 11.8 Å². The predicted octanol–water partition coefficient (Wildman–Crippen LogP) is 3.85. The second kappa shape index (κ2) is 14.0. The van der Waals surface area contributed by atoms with Crippen LogP contribution in [0.4, 0.5) is 10.5 Å². The number of nitrogens with two attached hydrogens (primary N) is 1. The van der Waals surface area contributed by atoms with Crippen molar-refractivity contribution in [2.24, 2.45) is 0 Å². The number of unbranched alkanes of at least 4 members (excludes halogenated alkanes) is 1. The minimum Gasteiger partial charge on any atom is -0.478 e. The molecule has 6 rings (SSSR count). The van der Waals surface area contributed by atoms with E-state index in [-0.39, 0.29) is 59.9 Å². The Morgan fingerprint density at radius 1 is 1.06 bits per heavy atom. The summed E-state index contributed by atoms with van der Waals surface area (Å²) in [5, 5.41) is 31.2. The number of fused-ring (bicyclic) bond motifs is 3. The molecule has 4 amide bonds. The highest BCUT2D eigenvalue weighted by Crippen LogP contribution is 2.42. The smallest absolute Gasteiger partial charge is 0.336 e. The van der Waals surface area contributed by atoms with Gasteiger partial charge in [0, 0.05) is 64.3 Å². The van der Waals surface area contributed by atoms with Crippen LogP contribution in [0.1, 0.15) is 48.5 Å². The molecule has 2 fully saturated rings. The van der Waals surface area contributed by atoms with Crippen LogP contribution in [0.25, 0.3) is 33.4 Å². The van der Waals surface area contributed by atoms with Gasteiger partial charge in [-0.25, -0.2) is 9.59 Å². The molecule has 12 nitrogen and oxygen atoms in total. The van der Waals surface area contributed by atoms with Gasteiger partial charge in [-0.15, -0.1) is 0 Å². The van der Waals surface area contributed by atoms with Crippen molar-refractivity contribution < 1.29 is 28.7 Å². The Morgan fingerprint density at radius 3 is 2.69 bits per heavy atom. The largest absolute Gasteiger partial charge is 0.478 e. The van der Waals surface area contributed by atoms with Gasteiger partial charge in [-0.05, 0) is 61.2 Å². The molecule has 3 heterocycles. The van der Waals surface area contributed by atoms with E-state index >= 15 is 0 Å². The number of carbonyl (C=O) groups excluding carboxylic acids is 3. The third-order valence-electron chi connectivity index (χ3n) is 8.79. The molecule has 1 unspecified atom stereocenters. The van der Waals surface area contributed by atoms with E-state index in [1.165, 1.54) is 6.07 Å². The van der Waals surface area contributed by atoms with E-state index in [1.54, 1.807) is 55.5 Å². The second-order valence-electron chi connectivity index (χ2n) is 12.4. The van der Waals surface area contributed by atoms with Gasteiger partial charge in [-0.3, -0.25) is 9.59 Å². The summed E-state index contributed by atoms with van der Waals surface area (Å²) in [5.41, 5.74) is 9.22. The first kappa shape index (κ1) is 32.9. The monoisotopic (exact) mass is 670 g/mol. The quantitative estimate of drug-likeness (QED) is 0.0510. The molecule has 2 saturated heterocycles. The maximum Gasteiger partial charge on any atom is 0.336 e. The summed E-state index contributed by atoms with van der Waals surface area (Å²) in [4.78, 5) is 49.4. The number of nitrogens with one attached hydrogen (secondary N) is 5. The molecule has 0 saturated carbocycles. The number of hydrogen-bond acceptors (Lipinski definition) is 8. The molecule has 4 aliphatic rings. The van der Waals surface area contributed by atoms with Crippen LogP contribution in [0.2, 0.25) is 0 Å². The van der Waals surface area contributed by atoms with E-state index in [0.717, 1.165) is 25.0 Å². The molecule has 3 aliphatic heterocycles. The van der Waals surface area contributed by atoms with Gasteiger partial charge in [0.2, 0.25) is 11.8 Å². The minimum atomic E-state index is -1.15. The Labute approximate surface area is 281 Å². The summed E-state index contributed by atoms with van der Waals surface area (Å²) in [7, 11) is 0.